The molecule has 4 nitrogen and oxygen atoms in total. The molecule has 94 valence electrons. The minimum Gasteiger partial charge on any atom is -0.384 e. The second-order valence-electron chi connectivity index (χ2n) is 3.94. The fourth-order valence-electron chi connectivity index (χ4n) is 1.79. The topological polar surface area (TPSA) is 49.8 Å². The summed E-state index contributed by atoms with van der Waals surface area (Å²) in [6, 6.07) is 7.10. The lowest BCUT2D eigenvalue weighted by Crippen LogP contribution is -2.40. The third kappa shape index (κ3) is 3.10. The van der Waals surface area contributed by atoms with Crippen molar-refractivity contribution in [2.24, 2.45) is 0 Å². The number of hydrogen-bond donors (Lipinski definition) is 1. The van der Waals surface area contributed by atoms with Gasteiger partial charge in [0.25, 0.3) is 5.91 Å². The second kappa shape index (κ2) is 6.20. The minimum atomic E-state index is -0.158. The first-order chi connectivity index (χ1) is 8.81. The summed E-state index contributed by atoms with van der Waals surface area (Å²) in [5.41, 5.74) is 1.45. The van der Waals surface area contributed by atoms with E-state index in [-0.39, 0.29) is 12.5 Å². The van der Waals surface area contributed by atoms with Crippen LogP contribution in [-0.2, 0) is 4.74 Å². The van der Waals surface area contributed by atoms with Gasteiger partial charge in [0.1, 0.15) is 6.61 Å². The normalized spacial score (nSPS) is 14.8. The molecule has 0 aromatic heterocycles. The molecule has 0 spiro atoms. The first-order valence-corrected chi connectivity index (χ1v) is 5.88. The second-order valence-corrected chi connectivity index (χ2v) is 3.94. The van der Waals surface area contributed by atoms with Gasteiger partial charge < -0.3 is 14.7 Å². The van der Waals surface area contributed by atoms with Crippen LogP contribution in [0.25, 0.3) is 0 Å². The van der Waals surface area contributed by atoms with E-state index in [1.165, 1.54) is 0 Å². The molecule has 2 rings (SSSR count). The number of amides is 1. The molecule has 1 aliphatic heterocycles. The summed E-state index contributed by atoms with van der Waals surface area (Å²) in [5.74, 6) is 5.39. The molecule has 1 heterocycles. The maximum absolute atomic E-state index is 12.1. The van der Waals surface area contributed by atoms with E-state index >= 15 is 0 Å². The third-order valence-electron chi connectivity index (χ3n) is 2.74. The smallest absolute Gasteiger partial charge is 0.254 e. The van der Waals surface area contributed by atoms with Crippen LogP contribution in [0.4, 0.5) is 0 Å². The van der Waals surface area contributed by atoms with E-state index in [1.54, 1.807) is 29.2 Å². The Morgan fingerprint density at radius 1 is 1.28 bits per heavy atom. The van der Waals surface area contributed by atoms with Crippen molar-refractivity contribution in [2.75, 3.05) is 32.9 Å². The van der Waals surface area contributed by atoms with Crippen molar-refractivity contribution in [3.8, 4) is 11.8 Å². The van der Waals surface area contributed by atoms with Crippen molar-refractivity contribution in [1.82, 2.24) is 4.90 Å². The average Bonchev–Trinajstić information content (AvgIpc) is 2.46. The largest absolute Gasteiger partial charge is 0.384 e. The number of aliphatic hydroxyl groups excluding tert-OH is 1. The average molecular weight is 245 g/mol. The lowest BCUT2D eigenvalue weighted by atomic mass is 10.1. The van der Waals surface area contributed by atoms with Gasteiger partial charge in [-0.2, -0.15) is 0 Å². The number of ether oxygens (including phenoxy) is 1. The van der Waals surface area contributed by atoms with Crippen LogP contribution in [-0.4, -0.2) is 48.8 Å². The number of carbonyl (C=O) groups is 1. The zero-order valence-corrected chi connectivity index (χ0v) is 10.1. The molecule has 0 unspecified atom stereocenters. The van der Waals surface area contributed by atoms with E-state index in [0.29, 0.717) is 31.9 Å². The van der Waals surface area contributed by atoms with Crippen LogP contribution < -0.4 is 0 Å². The first-order valence-electron chi connectivity index (χ1n) is 5.88. The molecule has 1 aromatic rings. The van der Waals surface area contributed by atoms with Crippen molar-refractivity contribution in [3.63, 3.8) is 0 Å². The summed E-state index contributed by atoms with van der Waals surface area (Å²) in [6.07, 6.45) is 0. The molecular weight excluding hydrogens is 230 g/mol. The summed E-state index contributed by atoms with van der Waals surface area (Å²) in [7, 11) is 0. The van der Waals surface area contributed by atoms with Crippen LogP contribution in [0.2, 0.25) is 0 Å². The summed E-state index contributed by atoms with van der Waals surface area (Å²) < 4.78 is 5.21. The van der Waals surface area contributed by atoms with Crippen molar-refractivity contribution in [3.05, 3.63) is 35.4 Å². The Morgan fingerprint density at radius 3 is 2.56 bits per heavy atom. The van der Waals surface area contributed by atoms with E-state index in [4.69, 9.17) is 9.84 Å². The third-order valence-corrected chi connectivity index (χ3v) is 2.74. The van der Waals surface area contributed by atoms with Crippen LogP contribution >= 0.6 is 0 Å². The van der Waals surface area contributed by atoms with Crippen LogP contribution in [0.3, 0.4) is 0 Å². The molecule has 1 aromatic carbocycles. The monoisotopic (exact) mass is 245 g/mol. The number of carbonyl (C=O) groups excluding carboxylic acids is 1. The van der Waals surface area contributed by atoms with Crippen LogP contribution in [0.15, 0.2) is 24.3 Å². The summed E-state index contributed by atoms with van der Waals surface area (Å²) in [5, 5.41) is 8.59. The van der Waals surface area contributed by atoms with Crippen molar-refractivity contribution in [2.45, 2.75) is 0 Å². The predicted molar refractivity (Wildman–Crippen MR) is 67.1 cm³/mol. The van der Waals surface area contributed by atoms with Gasteiger partial charge >= 0.3 is 0 Å². The van der Waals surface area contributed by atoms with Gasteiger partial charge in [0.05, 0.1) is 13.2 Å². The van der Waals surface area contributed by atoms with Crippen LogP contribution in [0, 0.1) is 11.8 Å². The van der Waals surface area contributed by atoms with Crippen molar-refractivity contribution < 1.29 is 14.6 Å². The predicted octanol–water partition coefficient (Wildman–Crippen LogP) is 0.503. The molecule has 0 atom stereocenters. The van der Waals surface area contributed by atoms with Gasteiger partial charge in [-0.1, -0.05) is 11.8 Å². The van der Waals surface area contributed by atoms with Gasteiger partial charge in [0.15, 0.2) is 0 Å². The summed E-state index contributed by atoms with van der Waals surface area (Å²) in [4.78, 5) is 13.9. The Kier molecular flexibility index (Phi) is 4.35. The molecule has 18 heavy (non-hydrogen) atoms. The van der Waals surface area contributed by atoms with E-state index in [9.17, 15) is 4.79 Å². The quantitative estimate of drug-likeness (QED) is 0.733. The lowest BCUT2D eigenvalue weighted by Gasteiger charge is -2.26. The van der Waals surface area contributed by atoms with Crippen molar-refractivity contribution in [1.29, 1.82) is 0 Å². The number of aliphatic hydroxyl groups is 1. The van der Waals surface area contributed by atoms with E-state index in [2.05, 4.69) is 11.8 Å². The molecule has 1 amide bonds. The lowest BCUT2D eigenvalue weighted by molar-refractivity contribution is 0.0303. The first kappa shape index (κ1) is 12.6. The molecule has 0 saturated carbocycles. The molecule has 1 aliphatic rings. The molecular formula is C14H15NO3. The van der Waals surface area contributed by atoms with Crippen LogP contribution in [0.5, 0.6) is 0 Å². The highest BCUT2D eigenvalue weighted by Crippen LogP contribution is 2.08. The fraction of sp³-hybridized carbons (Fsp3) is 0.357. The number of morpholine rings is 1. The fourth-order valence-corrected chi connectivity index (χ4v) is 1.79. The molecule has 1 N–H and O–H groups in total. The SMILES string of the molecule is O=C(c1ccc(C#CCO)cc1)N1CCOCC1. The van der Waals surface area contributed by atoms with Gasteiger partial charge in [-0.15, -0.1) is 0 Å². The summed E-state index contributed by atoms with van der Waals surface area (Å²) in [6.45, 7) is 2.34. The van der Waals surface area contributed by atoms with Crippen LogP contribution in [0.1, 0.15) is 15.9 Å². The zero-order valence-electron chi connectivity index (χ0n) is 10.1. The van der Waals surface area contributed by atoms with E-state index < -0.39 is 0 Å². The Balaban J connectivity index is 2.06. The number of nitrogens with zero attached hydrogens (tertiary/aromatic N) is 1. The molecule has 0 radical (unpaired) electrons. The number of rotatable bonds is 1. The molecule has 1 fully saturated rings. The molecule has 1 saturated heterocycles. The van der Waals surface area contributed by atoms with Gasteiger partial charge in [-0.3, -0.25) is 4.79 Å². The number of benzene rings is 1. The van der Waals surface area contributed by atoms with E-state index in [0.717, 1.165) is 5.56 Å². The maximum Gasteiger partial charge on any atom is 0.254 e. The van der Waals surface area contributed by atoms with Gasteiger partial charge in [0.2, 0.25) is 0 Å². The Hall–Kier alpha value is -1.83. The molecule has 4 heteroatoms. The van der Waals surface area contributed by atoms with Gasteiger partial charge in [-0.25, -0.2) is 0 Å². The highest BCUT2D eigenvalue weighted by atomic mass is 16.5. The highest BCUT2D eigenvalue weighted by Gasteiger charge is 2.17. The molecule has 0 bridgehead atoms. The Bertz CT molecular complexity index is 464. The maximum atomic E-state index is 12.1. The zero-order chi connectivity index (χ0) is 12.8. The highest BCUT2D eigenvalue weighted by molar-refractivity contribution is 5.94. The van der Waals surface area contributed by atoms with Gasteiger partial charge in [0, 0.05) is 24.2 Å². The van der Waals surface area contributed by atoms with Crippen molar-refractivity contribution >= 4 is 5.91 Å². The minimum absolute atomic E-state index is 0.0277. The van der Waals surface area contributed by atoms with Gasteiger partial charge in [-0.05, 0) is 24.3 Å². The Labute approximate surface area is 106 Å². The Morgan fingerprint density at radius 2 is 1.94 bits per heavy atom. The number of hydrogen-bond acceptors (Lipinski definition) is 3. The molecule has 0 aliphatic carbocycles. The standard InChI is InChI=1S/C14H15NO3/c16-9-1-2-12-3-5-13(6-4-12)14(17)15-7-10-18-11-8-15/h3-6,16H,7-11H2. The van der Waals surface area contributed by atoms with E-state index in [1.807, 2.05) is 0 Å². The summed E-state index contributed by atoms with van der Waals surface area (Å²) >= 11 is 0.